The van der Waals surface area contributed by atoms with Gasteiger partial charge in [-0.1, -0.05) is 41.8 Å². The van der Waals surface area contributed by atoms with Gasteiger partial charge in [-0.05, 0) is 19.5 Å². The molecule has 2 heteroatoms. The van der Waals surface area contributed by atoms with Crippen molar-refractivity contribution in [3.05, 3.63) is 35.4 Å². The van der Waals surface area contributed by atoms with E-state index in [9.17, 15) is 0 Å². The van der Waals surface area contributed by atoms with Crippen LogP contribution < -0.4 is 4.72 Å². The van der Waals surface area contributed by atoms with Crippen LogP contribution in [0, 0.1) is 6.92 Å². The molecule has 0 fully saturated rings. The van der Waals surface area contributed by atoms with Crippen LogP contribution in [0.25, 0.3) is 0 Å². The summed E-state index contributed by atoms with van der Waals surface area (Å²) in [6.07, 6.45) is 0. The van der Waals surface area contributed by atoms with Crippen LogP contribution >= 0.6 is 11.9 Å². The van der Waals surface area contributed by atoms with Gasteiger partial charge in [0, 0.05) is 5.75 Å². The summed E-state index contributed by atoms with van der Waals surface area (Å²) in [5, 5.41) is 0. The van der Waals surface area contributed by atoms with Crippen molar-refractivity contribution in [2.75, 3.05) is 7.05 Å². The number of benzene rings is 1. The van der Waals surface area contributed by atoms with Crippen LogP contribution in [0.2, 0.25) is 0 Å². The van der Waals surface area contributed by atoms with E-state index in [0.29, 0.717) is 0 Å². The quantitative estimate of drug-likeness (QED) is 0.694. The molecule has 0 aliphatic heterocycles. The molecule has 0 aliphatic carbocycles. The Balaban J connectivity index is 2.56. The van der Waals surface area contributed by atoms with Crippen LogP contribution in [0.4, 0.5) is 0 Å². The normalized spacial score (nSPS) is 10.0. The topological polar surface area (TPSA) is 12.0 Å². The van der Waals surface area contributed by atoms with E-state index < -0.39 is 0 Å². The van der Waals surface area contributed by atoms with Gasteiger partial charge in [-0.15, -0.1) is 0 Å². The molecular weight excluding hydrogens is 154 g/mol. The Kier molecular flexibility index (Phi) is 3.46. The summed E-state index contributed by atoms with van der Waals surface area (Å²) in [5.41, 5.74) is 2.71. The molecule has 1 aromatic rings. The predicted molar refractivity (Wildman–Crippen MR) is 51.5 cm³/mol. The van der Waals surface area contributed by atoms with Crippen molar-refractivity contribution in [2.45, 2.75) is 12.7 Å². The highest BCUT2D eigenvalue weighted by molar-refractivity contribution is 7.96. The van der Waals surface area contributed by atoms with Gasteiger partial charge >= 0.3 is 0 Å². The third kappa shape index (κ3) is 2.95. The zero-order valence-electron chi connectivity index (χ0n) is 6.92. The molecule has 0 unspecified atom stereocenters. The van der Waals surface area contributed by atoms with E-state index in [-0.39, 0.29) is 0 Å². The lowest BCUT2D eigenvalue weighted by Crippen LogP contribution is -1.92. The first kappa shape index (κ1) is 8.62. The number of rotatable bonds is 3. The van der Waals surface area contributed by atoms with Crippen molar-refractivity contribution in [3.63, 3.8) is 0 Å². The van der Waals surface area contributed by atoms with Crippen molar-refractivity contribution in [1.82, 2.24) is 4.72 Å². The maximum absolute atomic E-state index is 3.05. The molecule has 0 bridgehead atoms. The van der Waals surface area contributed by atoms with E-state index in [1.165, 1.54) is 11.1 Å². The van der Waals surface area contributed by atoms with Gasteiger partial charge in [-0.25, -0.2) is 0 Å². The molecule has 0 atom stereocenters. The van der Waals surface area contributed by atoms with Gasteiger partial charge in [-0.2, -0.15) is 0 Å². The molecule has 11 heavy (non-hydrogen) atoms. The van der Waals surface area contributed by atoms with Crippen LogP contribution in [0.15, 0.2) is 24.3 Å². The molecule has 1 rings (SSSR count). The lowest BCUT2D eigenvalue weighted by molar-refractivity contribution is 1.26. The molecule has 60 valence electrons. The van der Waals surface area contributed by atoms with Gasteiger partial charge in [0.15, 0.2) is 0 Å². The Hall–Kier alpha value is -0.470. The number of aryl methyl sites for hydroxylation is 1. The van der Waals surface area contributed by atoms with E-state index in [1.807, 2.05) is 7.05 Å². The summed E-state index contributed by atoms with van der Waals surface area (Å²) >= 11 is 1.72. The zero-order valence-corrected chi connectivity index (χ0v) is 7.74. The molecule has 0 saturated heterocycles. The molecule has 1 nitrogen and oxygen atoms in total. The summed E-state index contributed by atoms with van der Waals surface area (Å²) in [7, 11) is 1.94. The monoisotopic (exact) mass is 167 g/mol. The Morgan fingerprint density at radius 2 is 2.27 bits per heavy atom. The van der Waals surface area contributed by atoms with E-state index >= 15 is 0 Å². The number of hydrogen-bond acceptors (Lipinski definition) is 2. The first-order valence-electron chi connectivity index (χ1n) is 3.67. The molecule has 0 saturated carbocycles. The van der Waals surface area contributed by atoms with Crippen LogP contribution in [-0.4, -0.2) is 7.05 Å². The lowest BCUT2D eigenvalue weighted by atomic mass is 10.2. The fourth-order valence-corrected chi connectivity index (χ4v) is 1.45. The molecule has 0 aliphatic rings. The standard InChI is InChI=1S/C9H13NS/c1-8-4-3-5-9(6-8)7-11-10-2/h3-6,10H,7H2,1-2H3. The highest BCUT2D eigenvalue weighted by atomic mass is 32.2. The second kappa shape index (κ2) is 4.42. The van der Waals surface area contributed by atoms with Gasteiger partial charge in [0.25, 0.3) is 0 Å². The van der Waals surface area contributed by atoms with Gasteiger partial charge in [0.2, 0.25) is 0 Å². The lowest BCUT2D eigenvalue weighted by Gasteiger charge is -2.00. The van der Waals surface area contributed by atoms with Gasteiger partial charge in [-0.3, -0.25) is 4.72 Å². The minimum absolute atomic E-state index is 1.04. The molecular formula is C9H13NS. The molecule has 0 amide bonds. The Morgan fingerprint density at radius 3 is 2.91 bits per heavy atom. The fourth-order valence-electron chi connectivity index (χ4n) is 0.957. The molecule has 1 N–H and O–H groups in total. The highest BCUT2D eigenvalue weighted by Crippen LogP contribution is 2.09. The van der Waals surface area contributed by atoms with E-state index in [4.69, 9.17) is 0 Å². The van der Waals surface area contributed by atoms with Gasteiger partial charge in [0.1, 0.15) is 0 Å². The summed E-state index contributed by atoms with van der Waals surface area (Å²) in [6.45, 7) is 2.12. The third-order valence-electron chi connectivity index (χ3n) is 1.47. The minimum Gasteiger partial charge on any atom is -0.267 e. The second-order valence-corrected chi connectivity index (χ2v) is 3.47. The average molecular weight is 167 g/mol. The van der Waals surface area contributed by atoms with Crippen molar-refractivity contribution in [3.8, 4) is 0 Å². The first-order chi connectivity index (χ1) is 5.33. The van der Waals surface area contributed by atoms with E-state index in [1.54, 1.807) is 11.9 Å². The van der Waals surface area contributed by atoms with E-state index in [0.717, 1.165) is 5.75 Å². The van der Waals surface area contributed by atoms with Crippen LogP contribution in [-0.2, 0) is 5.75 Å². The van der Waals surface area contributed by atoms with Gasteiger partial charge in [0.05, 0.1) is 0 Å². The van der Waals surface area contributed by atoms with Crippen molar-refractivity contribution >= 4 is 11.9 Å². The summed E-state index contributed by atoms with van der Waals surface area (Å²) in [6, 6.07) is 8.58. The SMILES string of the molecule is CNSCc1cccc(C)c1. The van der Waals surface area contributed by atoms with Crippen LogP contribution in [0.1, 0.15) is 11.1 Å². The van der Waals surface area contributed by atoms with Gasteiger partial charge < -0.3 is 0 Å². The van der Waals surface area contributed by atoms with Crippen molar-refractivity contribution in [1.29, 1.82) is 0 Å². The molecule has 0 heterocycles. The Bertz CT molecular complexity index is 223. The fraction of sp³-hybridized carbons (Fsp3) is 0.333. The molecule has 0 aromatic heterocycles. The van der Waals surface area contributed by atoms with Crippen LogP contribution in [0.3, 0.4) is 0 Å². The zero-order chi connectivity index (χ0) is 8.10. The summed E-state index contributed by atoms with van der Waals surface area (Å²) < 4.78 is 3.05. The maximum Gasteiger partial charge on any atom is 0.0330 e. The second-order valence-electron chi connectivity index (χ2n) is 2.48. The minimum atomic E-state index is 1.04. The molecule has 0 spiro atoms. The average Bonchev–Trinajstić information content (AvgIpc) is 2.01. The van der Waals surface area contributed by atoms with Crippen molar-refractivity contribution in [2.24, 2.45) is 0 Å². The largest absolute Gasteiger partial charge is 0.267 e. The number of nitrogens with one attached hydrogen (secondary N) is 1. The Labute approximate surface area is 72.3 Å². The van der Waals surface area contributed by atoms with E-state index in [2.05, 4.69) is 35.9 Å². The Morgan fingerprint density at radius 1 is 1.45 bits per heavy atom. The number of hydrogen-bond donors (Lipinski definition) is 1. The smallest absolute Gasteiger partial charge is 0.0330 e. The third-order valence-corrected chi connectivity index (χ3v) is 2.23. The molecule has 1 aromatic carbocycles. The highest BCUT2D eigenvalue weighted by Gasteiger charge is 1.91. The maximum atomic E-state index is 3.05. The van der Waals surface area contributed by atoms with Crippen molar-refractivity contribution < 1.29 is 0 Å². The summed E-state index contributed by atoms with van der Waals surface area (Å²) in [5.74, 6) is 1.04. The summed E-state index contributed by atoms with van der Waals surface area (Å²) in [4.78, 5) is 0. The van der Waals surface area contributed by atoms with Crippen LogP contribution in [0.5, 0.6) is 0 Å². The molecule has 0 radical (unpaired) electrons. The first-order valence-corrected chi connectivity index (χ1v) is 4.65. The predicted octanol–water partition coefficient (Wildman–Crippen LogP) is 2.36.